The monoisotopic (exact) mass is 214 g/mol. The van der Waals surface area contributed by atoms with Crippen LogP contribution in [0.4, 0.5) is 11.5 Å². The second kappa shape index (κ2) is 4.20. The van der Waals surface area contributed by atoms with Gasteiger partial charge in [0, 0.05) is 23.4 Å². The van der Waals surface area contributed by atoms with Crippen molar-refractivity contribution in [2.45, 2.75) is 6.54 Å². The fourth-order valence-corrected chi connectivity index (χ4v) is 1.54. The lowest BCUT2D eigenvalue weighted by Crippen LogP contribution is -2.04. The molecule has 6 N–H and O–H groups in total. The van der Waals surface area contributed by atoms with Crippen molar-refractivity contribution in [1.29, 1.82) is 0 Å². The van der Waals surface area contributed by atoms with Gasteiger partial charge in [0.25, 0.3) is 0 Å². The van der Waals surface area contributed by atoms with Crippen molar-refractivity contribution in [2.75, 3.05) is 11.5 Å². The van der Waals surface area contributed by atoms with E-state index in [0.29, 0.717) is 18.1 Å². The summed E-state index contributed by atoms with van der Waals surface area (Å²) in [7, 11) is 0. The molecule has 0 radical (unpaired) electrons. The largest absolute Gasteiger partial charge is 0.399 e. The predicted molar refractivity (Wildman–Crippen MR) is 66.4 cm³/mol. The van der Waals surface area contributed by atoms with Crippen molar-refractivity contribution in [3.05, 3.63) is 42.0 Å². The average molecular weight is 214 g/mol. The Labute approximate surface area is 94.1 Å². The first-order valence-corrected chi connectivity index (χ1v) is 5.02. The standard InChI is InChI=1S/C12H14N4/c13-7-9-4-5-11(16-12(9)15)8-2-1-3-10(14)6-8/h1-6H,7,13-14H2,(H2,15,16). The van der Waals surface area contributed by atoms with Crippen LogP contribution in [0.1, 0.15) is 5.56 Å². The molecular formula is C12H14N4. The van der Waals surface area contributed by atoms with Crippen LogP contribution in [-0.4, -0.2) is 4.98 Å². The van der Waals surface area contributed by atoms with Crippen LogP contribution >= 0.6 is 0 Å². The summed E-state index contributed by atoms with van der Waals surface area (Å²) < 4.78 is 0. The van der Waals surface area contributed by atoms with E-state index in [1.54, 1.807) is 0 Å². The fourth-order valence-electron chi connectivity index (χ4n) is 1.54. The molecule has 1 aromatic heterocycles. The zero-order valence-electron chi connectivity index (χ0n) is 8.85. The first kappa shape index (κ1) is 10.4. The second-order valence-corrected chi connectivity index (χ2v) is 3.57. The van der Waals surface area contributed by atoms with E-state index in [1.165, 1.54) is 0 Å². The van der Waals surface area contributed by atoms with Crippen LogP contribution in [0.5, 0.6) is 0 Å². The van der Waals surface area contributed by atoms with Gasteiger partial charge in [0.2, 0.25) is 0 Å². The summed E-state index contributed by atoms with van der Waals surface area (Å²) in [5.74, 6) is 0.474. The number of nitrogens with two attached hydrogens (primary N) is 3. The summed E-state index contributed by atoms with van der Waals surface area (Å²) in [6, 6.07) is 11.3. The molecule has 4 heteroatoms. The van der Waals surface area contributed by atoms with Crippen LogP contribution in [0.2, 0.25) is 0 Å². The number of aromatic nitrogens is 1. The van der Waals surface area contributed by atoms with Crippen LogP contribution in [0.25, 0.3) is 11.3 Å². The third kappa shape index (κ3) is 1.97. The SMILES string of the molecule is NCc1ccc(-c2cccc(N)c2)nc1N. The minimum absolute atomic E-state index is 0.399. The molecule has 0 spiro atoms. The molecule has 4 nitrogen and oxygen atoms in total. The topological polar surface area (TPSA) is 91.0 Å². The molecule has 0 amide bonds. The highest BCUT2D eigenvalue weighted by atomic mass is 14.9. The number of nitrogen functional groups attached to an aromatic ring is 2. The van der Waals surface area contributed by atoms with Gasteiger partial charge in [-0.1, -0.05) is 18.2 Å². The summed E-state index contributed by atoms with van der Waals surface area (Å²) in [4.78, 5) is 4.30. The summed E-state index contributed by atoms with van der Waals surface area (Å²) in [6.07, 6.45) is 0. The maximum atomic E-state index is 5.78. The van der Waals surface area contributed by atoms with Crippen molar-refractivity contribution < 1.29 is 0 Å². The Morgan fingerprint density at radius 2 is 1.88 bits per heavy atom. The molecule has 82 valence electrons. The normalized spacial score (nSPS) is 10.3. The third-order valence-corrected chi connectivity index (χ3v) is 2.41. The van der Waals surface area contributed by atoms with Gasteiger partial charge in [0.15, 0.2) is 0 Å². The van der Waals surface area contributed by atoms with E-state index >= 15 is 0 Å². The van der Waals surface area contributed by atoms with Gasteiger partial charge in [0.1, 0.15) is 5.82 Å². The van der Waals surface area contributed by atoms with Crippen LogP contribution in [0.3, 0.4) is 0 Å². The smallest absolute Gasteiger partial charge is 0.128 e. The molecule has 2 rings (SSSR count). The van der Waals surface area contributed by atoms with E-state index in [2.05, 4.69) is 4.98 Å². The number of hydrogen-bond acceptors (Lipinski definition) is 4. The molecule has 0 aliphatic rings. The molecule has 2 aromatic rings. The highest BCUT2D eigenvalue weighted by Gasteiger charge is 2.03. The average Bonchev–Trinajstić information content (AvgIpc) is 2.29. The number of hydrogen-bond donors (Lipinski definition) is 3. The van der Waals surface area contributed by atoms with Crippen LogP contribution < -0.4 is 17.2 Å². The van der Waals surface area contributed by atoms with Gasteiger partial charge in [-0.15, -0.1) is 0 Å². The van der Waals surface area contributed by atoms with Crippen molar-refractivity contribution in [3.63, 3.8) is 0 Å². The molecule has 1 heterocycles. The number of nitrogens with zero attached hydrogens (tertiary/aromatic N) is 1. The number of benzene rings is 1. The van der Waals surface area contributed by atoms with E-state index < -0.39 is 0 Å². The Bertz CT molecular complexity index is 508. The van der Waals surface area contributed by atoms with Crippen molar-refractivity contribution >= 4 is 11.5 Å². The van der Waals surface area contributed by atoms with E-state index in [9.17, 15) is 0 Å². The lowest BCUT2D eigenvalue weighted by atomic mass is 10.1. The third-order valence-electron chi connectivity index (χ3n) is 2.41. The molecule has 0 fully saturated rings. The van der Waals surface area contributed by atoms with Gasteiger partial charge >= 0.3 is 0 Å². The van der Waals surface area contributed by atoms with Crippen LogP contribution in [-0.2, 0) is 6.54 Å². The van der Waals surface area contributed by atoms with Gasteiger partial charge in [-0.3, -0.25) is 0 Å². The fraction of sp³-hybridized carbons (Fsp3) is 0.0833. The lowest BCUT2D eigenvalue weighted by molar-refractivity contribution is 1.06. The first-order chi connectivity index (χ1) is 7.70. The number of pyridine rings is 1. The Hall–Kier alpha value is -2.07. The summed E-state index contributed by atoms with van der Waals surface area (Å²) >= 11 is 0. The van der Waals surface area contributed by atoms with Gasteiger partial charge < -0.3 is 17.2 Å². The Morgan fingerprint density at radius 3 is 2.50 bits per heavy atom. The first-order valence-electron chi connectivity index (χ1n) is 5.02. The Kier molecular flexibility index (Phi) is 2.74. The number of rotatable bonds is 2. The highest BCUT2D eigenvalue weighted by molar-refractivity contribution is 5.65. The predicted octanol–water partition coefficient (Wildman–Crippen LogP) is 1.37. The molecule has 0 aliphatic heterocycles. The summed E-state index contributed by atoms with van der Waals surface area (Å²) in [5, 5.41) is 0. The van der Waals surface area contributed by atoms with Gasteiger partial charge in [-0.2, -0.15) is 0 Å². The highest BCUT2D eigenvalue weighted by Crippen LogP contribution is 2.21. The molecule has 0 aliphatic carbocycles. The molecule has 0 saturated carbocycles. The zero-order valence-corrected chi connectivity index (χ0v) is 8.85. The van der Waals surface area contributed by atoms with Crippen LogP contribution in [0.15, 0.2) is 36.4 Å². The van der Waals surface area contributed by atoms with E-state index in [4.69, 9.17) is 17.2 Å². The van der Waals surface area contributed by atoms with Crippen molar-refractivity contribution in [2.24, 2.45) is 5.73 Å². The molecule has 0 atom stereocenters. The zero-order chi connectivity index (χ0) is 11.5. The molecule has 0 bridgehead atoms. The molecule has 1 aromatic carbocycles. The minimum Gasteiger partial charge on any atom is -0.399 e. The van der Waals surface area contributed by atoms with Crippen molar-refractivity contribution in [3.8, 4) is 11.3 Å². The molecular weight excluding hydrogens is 200 g/mol. The molecule has 0 saturated heterocycles. The summed E-state index contributed by atoms with van der Waals surface area (Å²) in [6.45, 7) is 0.399. The Balaban J connectivity index is 2.45. The minimum atomic E-state index is 0.399. The van der Waals surface area contributed by atoms with E-state index in [-0.39, 0.29) is 0 Å². The maximum Gasteiger partial charge on any atom is 0.128 e. The second-order valence-electron chi connectivity index (χ2n) is 3.57. The lowest BCUT2D eigenvalue weighted by Gasteiger charge is -2.06. The van der Waals surface area contributed by atoms with Gasteiger partial charge in [-0.25, -0.2) is 4.98 Å². The molecule has 16 heavy (non-hydrogen) atoms. The number of anilines is 2. The quantitative estimate of drug-likeness (QED) is 0.658. The van der Waals surface area contributed by atoms with Gasteiger partial charge in [0.05, 0.1) is 5.69 Å². The Morgan fingerprint density at radius 1 is 1.06 bits per heavy atom. The van der Waals surface area contributed by atoms with E-state index in [0.717, 1.165) is 16.8 Å². The summed E-state index contributed by atoms with van der Waals surface area (Å²) in [5.41, 5.74) is 20.3. The van der Waals surface area contributed by atoms with Crippen LogP contribution in [0, 0.1) is 0 Å². The van der Waals surface area contributed by atoms with E-state index in [1.807, 2.05) is 36.4 Å². The molecule has 0 unspecified atom stereocenters. The maximum absolute atomic E-state index is 5.78. The van der Waals surface area contributed by atoms with Gasteiger partial charge in [-0.05, 0) is 18.2 Å². The van der Waals surface area contributed by atoms with Crippen molar-refractivity contribution in [1.82, 2.24) is 4.98 Å².